The van der Waals surface area contributed by atoms with Crippen LogP contribution < -0.4 is 0 Å². The van der Waals surface area contributed by atoms with Crippen LogP contribution in [0.4, 0.5) is 0 Å². The van der Waals surface area contributed by atoms with Crippen molar-refractivity contribution in [2.45, 2.75) is 13.0 Å². The zero-order valence-electron chi connectivity index (χ0n) is 11.2. The molecule has 1 heterocycles. The second-order valence-corrected chi connectivity index (χ2v) is 4.58. The Morgan fingerprint density at radius 1 is 1.32 bits per heavy atom. The number of terminal acetylenes is 1. The number of benzene rings is 1. The fourth-order valence-electron chi connectivity index (χ4n) is 1.84. The zero-order chi connectivity index (χ0) is 13.5. The van der Waals surface area contributed by atoms with Crippen molar-refractivity contribution >= 4 is 0 Å². The van der Waals surface area contributed by atoms with Crippen molar-refractivity contribution < 1.29 is 0 Å². The molecule has 98 valence electrons. The van der Waals surface area contributed by atoms with E-state index in [1.54, 1.807) is 0 Å². The molecule has 1 aromatic carbocycles. The molecule has 0 fully saturated rings. The summed E-state index contributed by atoms with van der Waals surface area (Å²) in [5.74, 6) is 2.63. The molecule has 0 atom stereocenters. The van der Waals surface area contributed by atoms with Crippen LogP contribution in [0.5, 0.6) is 0 Å². The van der Waals surface area contributed by atoms with Crippen LogP contribution in [0.25, 0.3) is 0 Å². The lowest BCUT2D eigenvalue weighted by atomic mass is 10.2. The lowest BCUT2D eigenvalue weighted by Crippen LogP contribution is -2.21. The fourth-order valence-corrected chi connectivity index (χ4v) is 1.84. The third-order valence-corrected chi connectivity index (χ3v) is 2.88. The summed E-state index contributed by atoms with van der Waals surface area (Å²) in [5, 5.41) is 8.32. The molecule has 0 N–H and O–H groups in total. The first-order chi connectivity index (χ1) is 9.28. The van der Waals surface area contributed by atoms with Gasteiger partial charge in [0.05, 0.1) is 18.8 Å². The molecule has 0 bridgehead atoms. The highest BCUT2D eigenvalue weighted by molar-refractivity contribution is 5.14. The molecule has 0 saturated heterocycles. The van der Waals surface area contributed by atoms with E-state index in [0.29, 0.717) is 6.54 Å². The molecule has 4 nitrogen and oxygen atoms in total. The second-order valence-electron chi connectivity index (χ2n) is 4.58. The van der Waals surface area contributed by atoms with Crippen molar-refractivity contribution in [2.75, 3.05) is 20.1 Å². The summed E-state index contributed by atoms with van der Waals surface area (Å²) in [4.78, 5) is 2.09. The smallest absolute Gasteiger partial charge is 0.0840 e. The van der Waals surface area contributed by atoms with Gasteiger partial charge in [0.25, 0.3) is 0 Å². The third-order valence-electron chi connectivity index (χ3n) is 2.88. The summed E-state index contributed by atoms with van der Waals surface area (Å²) in [6.45, 7) is 2.32. The number of hydrogen-bond acceptors (Lipinski definition) is 3. The molecule has 0 unspecified atom stereocenters. The lowest BCUT2D eigenvalue weighted by Gasteiger charge is -2.10. The first-order valence-electron chi connectivity index (χ1n) is 6.33. The van der Waals surface area contributed by atoms with Crippen molar-refractivity contribution in [1.82, 2.24) is 19.9 Å². The molecule has 19 heavy (non-hydrogen) atoms. The Bertz CT molecular complexity index is 539. The van der Waals surface area contributed by atoms with Crippen LogP contribution in [0.15, 0.2) is 36.5 Å². The van der Waals surface area contributed by atoms with Crippen molar-refractivity contribution in [3.63, 3.8) is 0 Å². The van der Waals surface area contributed by atoms with Gasteiger partial charge in [-0.15, -0.1) is 11.5 Å². The van der Waals surface area contributed by atoms with E-state index in [9.17, 15) is 0 Å². The minimum absolute atomic E-state index is 0.665. The van der Waals surface area contributed by atoms with E-state index in [0.717, 1.165) is 25.2 Å². The molecule has 1 aromatic heterocycles. The van der Waals surface area contributed by atoms with Crippen LogP contribution in [0, 0.1) is 12.3 Å². The Hall–Kier alpha value is -2.12. The van der Waals surface area contributed by atoms with E-state index in [1.165, 1.54) is 5.56 Å². The molecular formula is C15H18N4. The van der Waals surface area contributed by atoms with E-state index in [2.05, 4.69) is 33.3 Å². The van der Waals surface area contributed by atoms with Crippen LogP contribution in [-0.4, -0.2) is 40.0 Å². The monoisotopic (exact) mass is 254 g/mol. The Morgan fingerprint density at radius 3 is 2.84 bits per heavy atom. The first kappa shape index (κ1) is 13.3. The van der Waals surface area contributed by atoms with Gasteiger partial charge in [-0.1, -0.05) is 41.5 Å². The molecule has 0 spiro atoms. The van der Waals surface area contributed by atoms with Gasteiger partial charge in [0, 0.05) is 19.2 Å². The number of hydrogen-bond donors (Lipinski definition) is 0. The lowest BCUT2D eigenvalue weighted by molar-refractivity contribution is 0.379. The highest BCUT2D eigenvalue weighted by Gasteiger charge is 2.03. The van der Waals surface area contributed by atoms with E-state index in [1.807, 2.05) is 36.1 Å². The van der Waals surface area contributed by atoms with Crippen LogP contribution in [0.2, 0.25) is 0 Å². The van der Waals surface area contributed by atoms with Crippen molar-refractivity contribution in [3.05, 3.63) is 47.8 Å². The molecule has 0 amide bonds. The van der Waals surface area contributed by atoms with Crippen LogP contribution in [0.1, 0.15) is 11.3 Å². The summed E-state index contributed by atoms with van der Waals surface area (Å²) in [7, 11) is 2.01. The molecule has 0 radical (unpaired) electrons. The van der Waals surface area contributed by atoms with Crippen molar-refractivity contribution in [1.29, 1.82) is 0 Å². The first-order valence-corrected chi connectivity index (χ1v) is 6.33. The van der Waals surface area contributed by atoms with Gasteiger partial charge < -0.3 is 0 Å². The van der Waals surface area contributed by atoms with E-state index in [4.69, 9.17) is 6.42 Å². The maximum atomic E-state index is 5.26. The van der Waals surface area contributed by atoms with Crippen LogP contribution in [-0.2, 0) is 13.0 Å². The maximum absolute atomic E-state index is 5.26. The summed E-state index contributed by atoms with van der Waals surface area (Å²) < 4.78 is 1.87. The van der Waals surface area contributed by atoms with Gasteiger partial charge in [-0.3, -0.25) is 4.90 Å². The molecule has 4 heteroatoms. The van der Waals surface area contributed by atoms with Gasteiger partial charge in [-0.05, 0) is 12.6 Å². The molecule has 2 aromatic rings. The predicted octanol–water partition coefficient (Wildman–Crippen LogP) is 1.43. The second kappa shape index (κ2) is 6.72. The molecular weight excluding hydrogens is 236 g/mol. The summed E-state index contributed by atoms with van der Waals surface area (Å²) in [6.07, 6.45) is 8.13. The third kappa shape index (κ3) is 4.23. The Balaban J connectivity index is 1.87. The Labute approximate surface area is 114 Å². The molecule has 0 saturated carbocycles. The number of nitrogens with zero attached hydrogens (tertiary/aromatic N) is 4. The SMILES string of the molecule is C#CCN(C)CCc1cn(Cc2ccccc2)nn1. The largest absolute Gasteiger partial charge is 0.295 e. The molecule has 0 aliphatic rings. The number of likely N-dealkylation sites (N-methyl/N-ethyl adjacent to an activating group) is 1. The van der Waals surface area contributed by atoms with Crippen molar-refractivity contribution in [3.8, 4) is 12.3 Å². The number of aromatic nitrogens is 3. The van der Waals surface area contributed by atoms with Gasteiger partial charge in [0.2, 0.25) is 0 Å². The van der Waals surface area contributed by atoms with Crippen molar-refractivity contribution in [2.24, 2.45) is 0 Å². The van der Waals surface area contributed by atoms with Crippen LogP contribution >= 0.6 is 0 Å². The Kier molecular flexibility index (Phi) is 4.71. The van der Waals surface area contributed by atoms with Gasteiger partial charge in [0.1, 0.15) is 0 Å². The quantitative estimate of drug-likeness (QED) is 0.731. The molecule has 0 aliphatic carbocycles. The van der Waals surface area contributed by atoms with Gasteiger partial charge in [-0.25, -0.2) is 4.68 Å². The predicted molar refractivity (Wildman–Crippen MR) is 75.6 cm³/mol. The Morgan fingerprint density at radius 2 is 2.11 bits per heavy atom. The van der Waals surface area contributed by atoms with Gasteiger partial charge in [0.15, 0.2) is 0 Å². The highest BCUT2D eigenvalue weighted by atomic mass is 15.4. The van der Waals surface area contributed by atoms with E-state index < -0.39 is 0 Å². The minimum Gasteiger partial charge on any atom is -0.295 e. The van der Waals surface area contributed by atoms with Gasteiger partial charge in [-0.2, -0.15) is 0 Å². The fraction of sp³-hybridized carbons (Fsp3) is 0.333. The average molecular weight is 254 g/mol. The van der Waals surface area contributed by atoms with E-state index in [-0.39, 0.29) is 0 Å². The average Bonchev–Trinajstić information content (AvgIpc) is 2.86. The number of rotatable bonds is 6. The molecule has 2 rings (SSSR count). The summed E-state index contributed by atoms with van der Waals surface area (Å²) in [6, 6.07) is 10.2. The zero-order valence-corrected chi connectivity index (χ0v) is 11.2. The molecule has 0 aliphatic heterocycles. The minimum atomic E-state index is 0.665. The highest BCUT2D eigenvalue weighted by Crippen LogP contribution is 2.02. The summed E-state index contributed by atoms with van der Waals surface area (Å²) in [5.41, 5.74) is 2.23. The van der Waals surface area contributed by atoms with Crippen LogP contribution in [0.3, 0.4) is 0 Å². The normalized spacial score (nSPS) is 10.6. The standard InChI is InChI=1S/C15H18N4/c1-3-10-18(2)11-9-15-13-19(17-16-15)12-14-7-5-4-6-8-14/h1,4-8,13H,9-12H2,2H3. The van der Waals surface area contributed by atoms with E-state index >= 15 is 0 Å². The topological polar surface area (TPSA) is 34.0 Å². The summed E-state index contributed by atoms with van der Waals surface area (Å²) >= 11 is 0. The van der Waals surface area contributed by atoms with Gasteiger partial charge >= 0.3 is 0 Å². The maximum Gasteiger partial charge on any atom is 0.0840 e.